The van der Waals surface area contributed by atoms with Gasteiger partial charge in [0.05, 0.1) is 5.69 Å². The topological polar surface area (TPSA) is 12.0 Å². The van der Waals surface area contributed by atoms with Gasteiger partial charge in [0.2, 0.25) is 0 Å². The molecule has 0 saturated heterocycles. The van der Waals surface area contributed by atoms with E-state index in [1.165, 1.54) is 18.2 Å². The summed E-state index contributed by atoms with van der Waals surface area (Å²) >= 11 is 0. The summed E-state index contributed by atoms with van der Waals surface area (Å²) in [6, 6.07) is 11.5. The van der Waals surface area contributed by atoms with Gasteiger partial charge in [0.15, 0.2) is 0 Å². The molecule has 0 heterocycles. The minimum atomic E-state index is -0.267. The van der Waals surface area contributed by atoms with E-state index in [4.69, 9.17) is 0 Å². The van der Waals surface area contributed by atoms with Crippen LogP contribution < -0.4 is 5.32 Å². The van der Waals surface area contributed by atoms with Crippen molar-refractivity contribution in [3.05, 3.63) is 65.2 Å². The van der Waals surface area contributed by atoms with Crippen LogP contribution in [0.2, 0.25) is 0 Å². The number of anilines is 1. The zero-order valence-electron chi connectivity index (χ0n) is 11.1. The van der Waals surface area contributed by atoms with Crippen LogP contribution in [-0.2, 0) is 6.42 Å². The molecule has 2 rings (SSSR count). The molecule has 0 aromatic heterocycles. The Kier molecular flexibility index (Phi) is 4.15. The van der Waals surface area contributed by atoms with E-state index in [1.807, 2.05) is 19.9 Å². The van der Waals surface area contributed by atoms with Crippen molar-refractivity contribution in [2.24, 2.45) is 0 Å². The third kappa shape index (κ3) is 3.78. The first kappa shape index (κ1) is 13.5. The van der Waals surface area contributed by atoms with Crippen LogP contribution in [0.5, 0.6) is 0 Å². The van der Waals surface area contributed by atoms with Crippen LogP contribution in [0.4, 0.5) is 14.5 Å². The van der Waals surface area contributed by atoms with Crippen molar-refractivity contribution in [1.29, 1.82) is 0 Å². The van der Waals surface area contributed by atoms with E-state index in [0.29, 0.717) is 12.1 Å². The second-order valence-corrected chi connectivity index (χ2v) is 4.86. The van der Waals surface area contributed by atoms with E-state index in [1.54, 1.807) is 18.2 Å². The van der Waals surface area contributed by atoms with Crippen molar-refractivity contribution in [2.75, 3.05) is 5.32 Å². The largest absolute Gasteiger partial charge is 0.380 e. The molecule has 2 aromatic carbocycles. The summed E-state index contributed by atoms with van der Waals surface area (Å²) in [5.74, 6) is -0.511. The number of halogens is 2. The average Bonchev–Trinajstić information content (AvgIpc) is 2.34. The zero-order valence-corrected chi connectivity index (χ0v) is 11.1. The normalized spacial score (nSPS) is 12.2. The van der Waals surface area contributed by atoms with Gasteiger partial charge in [-0.3, -0.25) is 0 Å². The molecule has 100 valence electrons. The number of aryl methyl sites for hydroxylation is 1. The maximum Gasteiger partial charge on any atom is 0.146 e. The molecule has 0 saturated carbocycles. The molecule has 0 bridgehead atoms. The summed E-state index contributed by atoms with van der Waals surface area (Å²) in [5.41, 5.74) is 2.39. The van der Waals surface area contributed by atoms with E-state index in [9.17, 15) is 8.78 Å². The molecule has 0 spiro atoms. The number of hydrogen-bond donors (Lipinski definition) is 1. The molecule has 2 aromatic rings. The Morgan fingerprint density at radius 1 is 1.11 bits per heavy atom. The second kappa shape index (κ2) is 5.83. The Morgan fingerprint density at radius 2 is 1.89 bits per heavy atom. The molecule has 0 radical (unpaired) electrons. The van der Waals surface area contributed by atoms with Crippen LogP contribution in [0.3, 0.4) is 0 Å². The van der Waals surface area contributed by atoms with Gasteiger partial charge in [-0.1, -0.05) is 18.2 Å². The first-order chi connectivity index (χ1) is 9.04. The molecule has 1 atom stereocenters. The molecule has 0 aliphatic heterocycles. The Labute approximate surface area is 112 Å². The van der Waals surface area contributed by atoms with Gasteiger partial charge in [-0.05, 0) is 55.7 Å². The Hall–Kier alpha value is -1.90. The average molecular weight is 261 g/mol. The van der Waals surface area contributed by atoms with Crippen molar-refractivity contribution in [2.45, 2.75) is 26.3 Å². The Balaban J connectivity index is 2.05. The van der Waals surface area contributed by atoms with Crippen LogP contribution in [0.15, 0.2) is 42.5 Å². The van der Waals surface area contributed by atoms with Gasteiger partial charge in [-0.2, -0.15) is 0 Å². The lowest BCUT2D eigenvalue weighted by Gasteiger charge is -2.16. The summed E-state index contributed by atoms with van der Waals surface area (Å²) in [6.45, 7) is 3.87. The molecule has 1 nitrogen and oxygen atoms in total. The quantitative estimate of drug-likeness (QED) is 0.864. The van der Waals surface area contributed by atoms with Crippen LogP contribution in [0, 0.1) is 18.6 Å². The Bertz CT molecular complexity index is 566. The molecule has 0 amide bonds. The summed E-state index contributed by atoms with van der Waals surface area (Å²) in [4.78, 5) is 0. The monoisotopic (exact) mass is 261 g/mol. The van der Waals surface area contributed by atoms with Gasteiger partial charge in [0.1, 0.15) is 11.6 Å². The van der Waals surface area contributed by atoms with E-state index < -0.39 is 0 Å². The maximum absolute atomic E-state index is 13.6. The number of benzene rings is 2. The fourth-order valence-electron chi connectivity index (χ4n) is 2.08. The standard InChI is InChI=1S/C16H17F2N/c1-11-6-7-15(18)16(8-11)19-12(2)9-13-4-3-5-14(17)10-13/h3-8,10,12,19H,9H2,1-2H3. The SMILES string of the molecule is Cc1ccc(F)c(NC(C)Cc2cccc(F)c2)c1. The summed E-state index contributed by atoms with van der Waals surface area (Å²) in [5, 5.41) is 3.12. The molecule has 19 heavy (non-hydrogen) atoms. The molecular weight excluding hydrogens is 244 g/mol. The lowest BCUT2D eigenvalue weighted by molar-refractivity contribution is 0.620. The van der Waals surface area contributed by atoms with Crippen molar-refractivity contribution in [3.63, 3.8) is 0 Å². The fourth-order valence-corrected chi connectivity index (χ4v) is 2.08. The predicted octanol–water partition coefficient (Wildman–Crippen LogP) is 4.32. The number of rotatable bonds is 4. The van der Waals surface area contributed by atoms with Crippen LogP contribution >= 0.6 is 0 Å². The van der Waals surface area contributed by atoms with Gasteiger partial charge in [-0.25, -0.2) is 8.78 Å². The highest BCUT2D eigenvalue weighted by Gasteiger charge is 2.08. The highest BCUT2D eigenvalue weighted by Crippen LogP contribution is 2.18. The molecular formula is C16H17F2N. The second-order valence-electron chi connectivity index (χ2n) is 4.86. The lowest BCUT2D eigenvalue weighted by atomic mass is 10.1. The van der Waals surface area contributed by atoms with Gasteiger partial charge >= 0.3 is 0 Å². The third-order valence-electron chi connectivity index (χ3n) is 2.95. The zero-order chi connectivity index (χ0) is 13.8. The van der Waals surface area contributed by atoms with E-state index in [0.717, 1.165) is 11.1 Å². The van der Waals surface area contributed by atoms with Crippen molar-refractivity contribution in [1.82, 2.24) is 0 Å². The lowest BCUT2D eigenvalue weighted by Crippen LogP contribution is -2.19. The highest BCUT2D eigenvalue weighted by molar-refractivity contribution is 5.47. The van der Waals surface area contributed by atoms with Crippen LogP contribution in [0.1, 0.15) is 18.1 Å². The Morgan fingerprint density at radius 3 is 2.63 bits per heavy atom. The minimum absolute atomic E-state index is 0.0260. The smallest absolute Gasteiger partial charge is 0.146 e. The van der Waals surface area contributed by atoms with Crippen LogP contribution in [-0.4, -0.2) is 6.04 Å². The third-order valence-corrected chi connectivity index (χ3v) is 2.95. The minimum Gasteiger partial charge on any atom is -0.380 e. The van der Waals surface area contributed by atoms with E-state index >= 15 is 0 Å². The van der Waals surface area contributed by atoms with Crippen molar-refractivity contribution in [3.8, 4) is 0 Å². The number of hydrogen-bond acceptors (Lipinski definition) is 1. The first-order valence-corrected chi connectivity index (χ1v) is 6.32. The first-order valence-electron chi connectivity index (χ1n) is 6.32. The van der Waals surface area contributed by atoms with Crippen LogP contribution in [0.25, 0.3) is 0 Å². The maximum atomic E-state index is 13.6. The van der Waals surface area contributed by atoms with Crippen molar-refractivity contribution >= 4 is 5.69 Å². The van der Waals surface area contributed by atoms with Gasteiger partial charge < -0.3 is 5.32 Å². The highest BCUT2D eigenvalue weighted by atomic mass is 19.1. The molecule has 0 aliphatic rings. The molecule has 3 heteroatoms. The van der Waals surface area contributed by atoms with Gasteiger partial charge in [-0.15, -0.1) is 0 Å². The van der Waals surface area contributed by atoms with Crippen molar-refractivity contribution < 1.29 is 8.78 Å². The summed E-state index contributed by atoms with van der Waals surface area (Å²) in [6.07, 6.45) is 0.644. The van der Waals surface area contributed by atoms with Gasteiger partial charge in [0.25, 0.3) is 0 Å². The molecule has 1 unspecified atom stereocenters. The fraction of sp³-hybridized carbons (Fsp3) is 0.250. The molecule has 0 fully saturated rings. The van der Waals surface area contributed by atoms with E-state index in [-0.39, 0.29) is 17.7 Å². The molecule has 0 aliphatic carbocycles. The van der Waals surface area contributed by atoms with E-state index in [2.05, 4.69) is 5.32 Å². The molecule has 1 N–H and O–H groups in total. The summed E-state index contributed by atoms with van der Waals surface area (Å²) < 4.78 is 26.7. The predicted molar refractivity (Wildman–Crippen MR) is 74.3 cm³/mol. The summed E-state index contributed by atoms with van der Waals surface area (Å²) in [7, 11) is 0. The number of nitrogens with one attached hydrogen (secondary N) is 1. The van der Waals surface area contributed by atoms with Gasteiger partial charge in [0, 0.05) is 6.04 Å².